The molecule has 0 N–H and O–H groups in total. The Hall–Kier alpha value is -0.0500. The molecule has 13 heavy (non-hydrogen) atoms. The molecule has 0 unspecified atom stereocenters. The number of hydrogen-bond donors (Lipinski definition) is 0. The third kappa shape index (κ3) is 1.90. The number of rotatable bonds is 2. The van der Waals surface area contributed by atoms with E-state index in [0.29, 0.717) is 6.42 Å². The molecule has 0 spiro atoms. The van der Waals surface area contributed by atoms with Crippen molar-refractivity contribution in [1.82, 2.24) is 0 Å². The highest BCUT2D eigenvalue weighted by atomic mass is 35.5. The van der Waals surface area contributed by atoms with Crippen LogP contribution in [0.1, 0.15) is 6.42 Å². The van der Waals surface area contributed by atoms with Crippen molar-refractivity contribution in [3.8, 4) is 0 Å². The smallest absolute Gasteiger partial charge is 0.134 e. The van der Waals surface area contributed by atoms with Gasteiger partial charge in [0.1, 0.15) is 4.33 Å². The van der Waals surface area contributed by atoms with Crippen molar-refractivity contribution < 1.29 is 4.21 Å². The first-order valence-electron chi connectivity index (χ1n) is 3.95. The van der Waals surface area contributed by atoms with Crippen molar-refractivity contribution in [1.29, 1.82) is 0 Å². The summed E-state index contributed by atoms with van der Waals surface area (Å²) in [5.74, 6) is 0. The van der Waals surface area contributed by atoms with E-state index >= 15 is 0 Å². The van der Waals surface area contributed by atoms with Crippen molar-refractivity contribution in [2.75, 3.05) is 0 Å². The molecule has 0 aromatic heterocycles. The van der Waals surface area contributed by atoms with E-state index in [0.717, 1.165) is 4.90 Å². The van der Waals surface area contributed by atoms with Crippen LogP contribution < -0.4 is 0 Å². The highest BCUT2D eigenvalue weighted by Crippen LogP contribution is 2.51. The maximum Gasteiger partial charge on any atom is 0.134 e. The van der Waals surface area contributed by atoms with Gasteiger partial charge in [-0.1, -0.05) is 18.2 Å². The molecule has 1 aliphatic carbocycles. The van der Waals surface area contributed by atoms with Gasteiger partial charge in [-0.25, -0.2) is 0 Å². The average molecular weight is 235 g/mol. The predicted molar refractivity (Wildman–Crippen MR) is 55.7 cm³/mol. The Bertz CT molecular complexity index is 337. The first kappa shape index (κ1) is 9.50. The fraction of sp³-hybridized carbons (Fsp3) is 0.333. The molecule has 1 fully saturated rings. The molecule has 70 valence electrons. The van der Waals surface area contributed by atoms with E-state index in [-0.39, 0.29) is 5.25 Å². The Balaban J connectivity index is 2.17. The van der Waals surface area contributed by atoms with Crippen LogP contribution in [0.5, 0.6) is 0 Å². The standard InChI is InChI=1S/C9H8Cl2OS/c10-9(11)6-8(9)13(12)7-4-2-1-3-5-7/h1-5,8H,6H2/t8-,13+/m1/s1. The van der Waals surface area contributed by atoms with Crippen LogP contribution in [-0.2, 0) is 10.8 Å². The molecule has 0 heterocycles. The first-order chi connectivity index (χ1) is 6.11. The summed E-state index contributed by atoms with van der Waals surface area (Å²) in [6.45, 7) is 0. The van der Waals surface area contributed by atoms with Crippen molar-refractivity contribution >= 4 is 34.0 Å². The third-order valence-corrected chi connectivity index (χ3v) is 4.92. The molecule has 1 aromatic rings. The number of alkyl halides is 2. The average Bonchev–Trinajstić information content (AvgIpc) is 2.76. The fourth-order valence-corrected chi connectivity index (χ4v) is 3.60. The van der Waals surface area contributed by atoms with Gasteiger partial charge in [0.15, 0.2) is 0 Å². The largest absolute Gasteiger partial charge is 0.254 e. The maximum absolute atomic E-state index is 11.8. The maximum atomic E-state index is 11.8. The summed E-state index contributed by atoms with van der Waals surface area (Å²) in [5.41, 5.74) is 0. The molecule has 2 atom stereocenters. The Kier molecular flexibility index (Phi) is 2.39. The van der Waals surface area contributed by atoms with Crippen molar-refractivity contribution in [2.24, 2.45) is 0 Å². The summed E-state index contributed by atoms with van der Waals surface area (Å²) in [5, 5.41) is -0.0989. The van der Waals surface area contributed by atoms with E-state index < -0.39 is 15.1 Å². The van der Waals surface area contributed by atoms with Gasteiger partial charge < -0.3 is 0 Å². The third-order valence-electron chi connectivity index (χ3n) is 2.00. The Morgan fingerprint density at radius 1 is 1.31 bits per heavy atom. The molecule has 2 rings (SSSR count). The van der Waals surface area contributed by atoms with Crippen molar-refractivity contribution in [3.05, 3.63) is 30.3 Å². The summed E-state index contributed by atoms with van der Waals surface area (Å²) in [7, 11) is -1.06. The van der Waals surface area contributed by atoms with Crippen molar-refractivity contribution in [3.63, 3.8) is 0 Å². The van der Waals surface area contributed by atoms with Crippen LogP contribution in [0.4, 0.5) is 0 Å². The van der Waals surface area contributed by atoms with Crippen LogP contribution in [-0.4, -0.2) is 13.8 Å². The lowest BCUT2D eigenvalue weighted by molar-refractivity contribution is 0.682. The Morgan fingerprint density at radius 2 is 1.85 bits per heavy atom. The molecule has 1 nitrogen and oxygen atoms in total. The highest BCUT2D eigenvalue weighted by molar-refractivity contribution is 7.86. The number of hydrogen-bond acceptors (Lipinski definition) is 1. The molecule has 0 bridgehead atoms. The summed E-state index contributed by atoms with van der Waals surface area (Å²) in [4.78, 5) is 0.802. The van der Waals surface area contributed by atoms with E-state index in [1.165, 1.54) is 0 Å². The second kappa shape index (κ2) is 3.26. The number of halogens is 2. The van der Waals surface area contributed by atoms with E-state index in [2.05, 4.69) is 0 Å². The van der Waals surface area contributed by atoms with Crippen LogP contribution in [0, 0.1) is 0 Å². The quantitative estimate of drug-likeness (QED) is 0.720. The molecule has 1 saturated carbocycles. The zero-order valence-corrected chi connectivity index (χ0v) is 9.07. The van der Waals surface area contributed by atoms with Crippen LogP contribution in [0.25, 0.3) is 0 Å². The minimum atomic E-state index is -1.06. The molecule has 4 heteroatoms. The van der Waals surface area contributed by atoms with E-state index in [4.69, 9.17) is 23.2 Å². The van der Waals surface area contributed by atoms with Gasteiger partial charge in [0, 0.05) is 4.90 Å². The monoisotopic (exact) mass is 234 g/mol. The summed E-state index contributed by atoms with van der Waals surface area (Å²) in [6.07, 6.45) is 0.623. The van der Waals surface area contributed by atoms with Gasteiger partial charge in [0.2, 0.25) is 0 Å². The van der Waals surface area contributed by atoms with Gasteiger partial charge >= 0.3 is 0 Å². The van der Waals surface area contributed by atoms with Gasteiger partial charge in [0.05, 0.1) is 16.0 Å². The second-order valence-electron chi connectivity index (χ2n) is 3.06. The second-order valence-corrected chi connectivity index (χ2v) is 6.24. The fourth-order valence-electron chi connectivity index (χ4n) is 1.14. The van der Waals surface area contributed by atoms with Gasteiger partial charge in [-0.3, -0.25) is 4.21 Å². The topological polar surface area (TPSA) is 17.1 Å². The Morgan fingerprint density at radius 3 is 2.31 bits per heavy atom. The zero-order chi connectivity index (χ0) is 9.47. The molecule has 0 aliphatic heterocycles. The number of benzene rings is 1. The molecule has 0 saturated heterocycles. The van der Waals surface area contributed by atoms with Gasteiger partial charge in [0.25, 0.3) is 0 Å². The van der Waals surface area contributed by atoms with Crippen LogP contribution in [0.2, 0.25) is 0 Å². The van der Waals surface area contributed by atoms with E-state index in [1.807, 2.05) is 30.3 Å². The predicted octanol–water partition coefficient (Wildman–Crippen LogP) is 2.74. The summed E-state index contributed by atoms with van der Waals surface area (Å²) < 4.78 is 11.0. The zero-order valence-electron chi connectivity index (χ0n) is 6.74. The van der Waals surface area contributed by atoms with Crippen LogP contribution in [0.15, 0.2) is 35.2 Å². The summed E-state index contributed by atoms with van der Waals surface area (Å²) in [6, 6.07) is 9.28. The first-order valence-corrected chi connectivity index (χ1v) is 5.91. The SMILES string of the molecule is O=[S@@](c1ccccc1)[C@@H]1CC1(Cl)Cl. The van der Waals surface area contributed by atoms with E-state index in [9.17, 15) is 4.21 Å². The van der Waals surface area contributed by atoms with Crippen LogP contribution >= 0.6 is 23.2 Å². The molecule has 0 amide bonds. The molecule has 1 aliphatic rings. The lowest BCUT2D eigenvalue weighted by Gasteiger charge is -2.00. The molecule has 0 radical (unpaired) electrons. The van der Waals surface area contributed by atoms with E-state index in [1.54, 1.807) is 0 Å². The Labute approximate surface area is 89.5 Å². The molecular formula is C9H8Cl2OS. The minimum absolute atomic E-state index is 0.0989. The summed E-state index contributed by atoms with van der Waals surface area (Å²) >= 11 is 11.6. The van der Waals surface area contributed by atoms with Gasteiger partial charge in [-0.2, -0.15) is 0 Å². The van der Waals surface area contributed by atoms with Gasteiger partial charge in [-0.15, -0.1) is 23.2 Å². The molecule has 1 aromatic carbocycles. The minimum Gasteiger partial charge on any atom is -0.254 e. The van der Waals surface area contributed by atoms with Crippen LogP contribution in [0.3, 0.4) is 0 Å². The van der Waals surface area contributed by atoms with Crippen molar-refractivity contribution in [2.45, 2.75) is 20.9 Å². The lowest BCUT2D eigenvalue weighted by atomic mass is 10.4. The lowest BCUT2D eigenvalue weighted by Crippen LogP contribution is -2.04. The normalized spacial score (nSPS) is 26.8. The van der Waals surface area contributed by atoms with Gasteiger partial charge in [-0.05, 0) is 18.6 Å². The molecular weight excluding hydrogens is 227 g/mol. The highest BCUT2D eigenvalue weighted by Gasteiger charge is 2.55.